The molecule has 0 aliphatic carbocycles. The highest BCUT2D eigenvalue weighted by molar-refractivity contribution is 5.80. The number of rotatable bonds is 10. The van der Waals surface area contributed by atoms with Gasteiger partial charge in [0.15, 0.2) is 5.96 Å². The molecule has 0 unspecified atom stereocenters. The van der Waals surface area contributed by atoms with Gasteiger partial charge in [-0.15, -0.1) is 0 Å². The monoisotopic (exact) mass is 361 g/mol. The lowest BCUT2D eigenvalue weighted by Crippen LogP contribution is -2.38. The van der Waals surface area contributed by atoms with Crippen LogP contribution in [0, 0.1) is 0 Å². The van der Waals surface area contributed by atoms with Crippen molar-refractivity contribution in [3.63, 3.8) is 0 Å². The fourth-order valence-electron chi connectivity index (χ4n) is 2.63. The summed E-state index contributed by atoms with van der Waals surface area (Å²) in [6.45, 7) is 9.65. The quantitative estimate of drug-likeness (QED) is 0.495. The van der Waals surface area contributed by atoms with Gasteiger partial charge in [-0.2, -0.15) is 0 Å². The molecule has 6 heteroatoms. The van der Waals surface area contributed by atoms with Crippen LogP contribution in [0.4, 0.5) is 5.69 Å². The summed E-state index contributed by atoms with van der Waals surface area (Å²) in [4.78, 5) is 20.5. The second-order valence-electron chi connectivity index (χ2n) is 6.31. The maximum atomic E-state index is 12.0. The molecule has 0 fully saturated rings. The maximum absolute atomic E-state index is 12.0. The number of nitrogens with zero attached hydrogens (tertiary/aromatic N) is 3. The van der Waals surface area contributed by atoms with Crippen molar-refractivity contribution in [1.82, 2.24) is 15.5 Å². The predicted molar refractivity (Wildman–Crippen MR) is 111 cm³/mol. The minimum Gasteiger partial charge on any atom is -0.378 e. The van der Waals surface area contributed by atoms with Crippen LogP contribution in [-0.2, 0) is 11.2 Å². The highest BCUT2D eigenvalue weighted by Gasteiger charge is 2.08. The van der Waals surface area contributed by atoms with E-state index >= 15 is 0 Å². The van der Waals surface area contributed by atoms with Crippen molar-refractivity contribution in [1.29, 1.82) is 0 Å². The second kappa shape index (κ2) is 12.2. The zero-order valence-corrected chi connectivity index (χ0v) is 17.0. The second-order valence-corrected chi connectivity index (χ2v) is 6.31. The zero-order chi connectivity index (χ0) is 19.4. The molecule has 1 amide bonds. The first-order chi connectivity index (χ1) is 12.5. The number of anilines is 1. The smallest absolute Gasteiger partial charge is 0.224 e. The Bertz CT molecular complexity index is 550. The van der Waals surface area contributed by atoms with Crippen LogP contribution in [0.25, 0.3) is 0 Å². The molecule has 0 aliphatic heterocycles. The lowest BCUT2D eigenvalue weighted by molar-refractivity contribution is -0.130. The number of benzene rings is 1. The molecule has 0 aliphatic rings. The average Bonchev–Trinajstić information content (AvgIpc) is 2.63. The molecular weight excluding hydrogens is 326 g/mol. The molecule has 0 saturated carbocycles. The van der Waals surface area contributed by atoms with E-state index in [2.05, 4.69) is 44.8 Å². The molecule has 146 valence electrons. The van der Waals surface area contributed by atoms with E-state index in [1.165, 1.54) is 11.3 Å². The largest absolute Gasteiger partial charge is 0.378 e. The average molecular weight is 362 g/mol. The Labute approximate surface area is 158 Å². The summed E-state index contributed by atoms with van der Waals surface area (Å²) >= 11 is 0. The van der Waals surface area contributed by atoms with E-state index in [-0.39, 0.29) is 5.91 Å². The first kappa shape index (κ1) is 21.8. The SMILES string of the molecule is CCNC(=NCCC(=O)N(CC)CC)NCCc1ccc(N(C)C)cc1. The van der Waals surface area contributed by atoms with Crippen LogP contribution in [0.5, 0.6) is 0 Å². The summed E-state index contributed by atoms with van der Waals surface area (Å²) in [6, 6.07) is 8.58. The lowest BCUT2D eigenvalue weighted by atomic mass is 10.1. The number of guanidine groups is 1. The van der Waals surface area contributed by atoms with Gasteiger partial charge in [-0.3, -0.25) is 9.79 Å². The Morgan fingerprint density at radius 1 is 1.04 bits per heavy atom. The Morgan fingerprint density at radius 3 is 2.23 bits per heavy atom. The third-order valence-corrected chi connectivity index (χ3v) is 4.21. The Morgan fingerprint density at radius 2 is 1.69 bits per heavy atom. The number of hydrogen-bond acceptors (Lipinski definition) is 3. The number of amides is 1. The number of carbonyl (C=O) groups excluding carboxylic acids is 1. The van der Waals surface area contributed by atoms with Crippen LogP contribution in [0.3, 0.4) is 0 Å². The normalized spacial score (nSPS) is 11.2. The molecule has 0 heterocycles. The summed E-state index contributed by atoms with van der Waals surface area (Å²) in [6.07, 6.45) is 1.38. The third kappa shape index (κ3) is 7.76. The van der Waals surface area contributed by atoms with Crippen LogP contribution in [0.2, 0.25) is 0 Å². The van der Waals surface area contributed by atoms with E-state index in [1.54, 1.807) is 0 Å². The van der Waals surface area contributed by atoms with Gasteiger partial charge in [0.25, 0.3) is 0 Å². The van der Waals surface area contributed by atoms with Crippen LogP contribution in [-0.4, -0.2) is 63.6 Å². The van der Waals surface area contributed by atoms with Gasteiger partial charge in [-0.05, 0) is 44.9 Å². The van der Waals surface area contributed by atoms with E-state index in [0.29, 0.717) is 13.0 Å². The molecule has 1 aromatic rings. The summed E-state index contributed by atoms with van der Waals surface area (Å²) in [5, 5.41) is 6.57. The molecular formula is C20H35N5O. The van der Waals surface area contributed by atoms with Crippen molar-refractivity contribution in [3.8, 4) is 0 Å². The molecule has 0 atom stereocenters. The highest BCUT2D eigenvalue weighted by Crippen LogP contribution is 2.12. The number of hydrogen-bond donors (Lipinski definition) is 2. The maximum Gasteiger partial charge on any atom is 0.224 e. The number of carbonyl (C=O) groups is 1. The van der Waals surface area contributed by atoms with Crippen molar-refractivity contribution < 1.29 is 4.79 Å². The summed E-state index contributed by atoms with van der Waals surface area (Å²) in [7, 11) is 4.08. The molecule has 0 radical (unpaired) electrons. The van der Waals surface area contributed by atoms with Gasteiger partial charge in [0.05, 0.1) is 6.54 Å². The lowest BCUT2D eigenvalue weighted by Gasteiger charge is -2.18. The first-order valence-electron chi connectivity index (χ1n) is 9.57. The van der Waals surface area contributed by atoms with Gasteiger partial charge in [-0.1, -0.05) is 12.1 Å². The number of nitrogens with one attached hydrogen (secondary N) is 2. The molecule has 1 aromatic carbocycles. The van der Waals surface area contributed by atoms with Crippen LogP contribution in [0.1, 0.15) is 32.8 Å². The Hall–Kier alpha value is -2.24. The van der Waals surface area contributed by atoms with Crippen LogP contribution >= 0.6 is 0 Å². The summed E-state index contributed by atoms with van der Waals surface area (Å²) in [5.41, 5.74) is 2.49. The van der Waals surface area contributed by atoms with Crippen molar-refractivity contribution in [2.45, 2.75) is 33.6 Å². The molecule has 0 saturated heterocycles. The van der Waals surface area contributed by atoms with Gasteiger partial charge in [0, 0.05) is 52.4 Å². The van der Waals surface area contributed by atoms with Crippen molar-refractivity contribution >= 4 is 17.6 Å². The summed E-state index contributed by atoms with van der Waals surface area (Å²) < 4.78 is 0. The van der Waals surface area contributed by atoms with Gasteiger partial charge < -0.3 is 20.4 Å². The van der Waals surface area contributed by atoms with E-state index < -0.39 is 0 Å². The third-order valence-electron chi connectivity index (χ3n) is 4.21. The number of aliphatic imine (C=N–C) groups is 1. The van der Waals surface area contributed by atoms with Gasteiger partial charge in [0.2, 0.25) is 5.91 Å². The minimum absolute atomic E-state index is 0.163. The predicted octanol–water partition coefficient (Wildman–Crippen LogP) is 2.11. The van der Waals surface area contributed by atoms with E-state index in [9.17, 15) is 4.79 Å². The van der Waals surface area contributed by atoms with E-state index in [1.807, 2.05) is 39.8 Å². The molecule has 0 spiro atoms. The van der Waals surface area contributed by atoms with Crippen molar-refractivity contribution in [2.75, 3.05) is 51.7 Å². The molecule has 6 nitrogen and oxygen atoms in total. The van der Waals surface area contributed by atoms with Gasteiger partial charge in [0.1, 0.15) is 0 Å². The minimum atomic E-state index is 0.163. The standard InChI is InChI=1S/C20H35N5O/c1-6-21-20(23-16-14-19(26)25(7-2)8-3)22-15-13-17-9-11-18(12-10-17)24(4)5/h9-12H,6-8,13-16H2,1-5H3,(H2,21,22,23). The molecule has 0 bridgehead atoms. The fraction of sp³-hybridized carbons (Fsp3) is 0.600. The molecule has 1 rings (SSSR count). The van der Waals surface area contributed by atoms with Crippen molar-refractivity contribution in [3.05, 3.63) is 29.8 Å². The van der Waals surface area contributed by atoms with Crippen molar-refractivity contribution in [2.24, 2.45) is 4.99 Å². The zero-order valence-electron chi connectivity index (χ0n) is 17.0. The Kier molecular flexibility index (Phi) is 10.2. The van der Waals surface area contributed by atoms with E-state index in [4.69, 9.17) is 0 Å². The summed E-state index contributed by atoms with van der Waals surface area (Å²) in [5.74, 6) is 0.931. The van der Waals surface area contributed by atoms with Crippen LogP contribution in [0.15, 0.2) is 29.3 Å². The molecule has 2 N–H and O–H groups in total. The molecule has 26 heavy (non-hydrogen) atoms. The topological polar surface area (TPSA) is 60.0 Å². The van der Waals surface area contributed by atoms with Crippen LogP contribution < -0.4 is 15.5 Å². The highest BCUT2D eigenvalue weighted by atomic mass is 16.2. The van der Waals surface area contributed by atoms with E-state index in [0.717, 1.165) is 38.6 Å². The molecule has 0 aromatic heterocycles. The Balaban J connectivity index is 2.45. The first-order valence-corrected chi connectivity index (χ1v) is 9.57. The van der Waals surface area contributed by atoms with Gasteiger partial charge >= 0.3 is 0 Å². The van der Waals surface area contributed by atoms with Gasteiger partial charge in [-0.25, -0.2) is 0 Å². The fourth-order valence-corrected chi connectivity index (χ4v) is 2.63.